The fraction of sp³-hybridized carbons (Fsp3) is 0. The zero-order valence-corrected chi connectivity index (χ0v) is 30.4. The Labute approximate surface area is 324 Å². The Morgan fingerprint density at radius 1 is 0.351 bits per heavy atom. The van der Waals surface area contributed by atoms with E-state index in [0.29, 0.717) is 17.7 Å². The van der Waals surface area contributed by atoms with Crippen molar-refractivity contribution < 1.29 is 0 Å². The Morgan fingerprint density at radius 2 is 0.772 bits per heavy atom. The highest BCUT2D eigenvalue weighted by Crippen LogP contribution is 2.43. The lowest BCUT2D eigenvalue weighted by Gasteiger charge is -2.14. The van der Waals surface area contributed by atoms with Gasteiger partial charge in [-0.2, -0.15) is 15.0 Å². The molecule has 13 rings (SSSR count). The molecule has 0 bridgehead atoms. The van der Waals surface area contributed by atoms with Crippen molar-refractivity contribution in [3.63, 3.8) is 0 Å². The Bertz CT molecular complexity index is 3450. The maximum Gasteiger partial charge on any atom is 0.240 e. The number of hydrogen-bond acceptors (Lipinski definition) is 4. The zero-order valence-electron chi connectivity index (χ0n) is 30.4. The van der Waals surface area contributed by atoms with Crippen molar-refractivity contribution in [3.8, 4) is 34.4 Å². The van der Waals surface area contributed by atoms with Gasteiger partial charge in [-0.05, 0) is 65.7 Å². The Morgan fingerprint density at radius 3 is 1.32 bits per heavy atom. The van der Waals surface area contributed by atoms with Crippen molar-refractivity contribution in [2.45, 2.75) is 0 Å². The number of para-hydroxylation sites is 5. The topological polar surface area (TPSA) is 65.8 Å². The van der Waals surface area contributed by atoms with Gasteiger partial charge in [0.1, 0.15) is 5.65 Å². The van der Waals surface area contributed by atoms with E-state index in [2.05, 4.69) is 177 Å². The first-order chi connectivity index (χ1) is 28.3. The van der Waals surface area contributed by atoms with Gasteiger partial charge >= 0.3 is 0 Å². The summed E-state index contributed by atoms with van der Waals surface area (Å²) in [4.78, 5) is 21.1. The van der Waals surface area contributed by atoms with Crippen LogP contribution in [0, 0.1) is 0 Å². The zero-order chi connectivity index (χ0) is 37.2. The number of nitrogens with zero attached hydrogens (tertiary/aromatic N) is 7. The second-order valence-electron chi connectivity index (χ2n) is 14.7. The molecule has 0 unspecified atom stereocenters. The van der Waals surface area contributed by atoms with E-state index >= 15 is 0 Å². The fourth-order valence-electron chi connectivity index (χ4n) is 9.34. The normalized spacial score (nSPS) is 12.2. The second-order valence-corrected chi connectivity index (χ2v) is 14.7. The number of aromatic nitrogens is 7. The summed E-state index contributed by atoms with van der Waals surface area (Å²) in [5.74, 6) is 1.71. The highest BCUT2D eigenvalue weighted by Gasteiger charge is 2.23. The molecule has 0 atom stereocenters. The lowest BCUT2D eigenvalue weighted by Crippen LogP contribution is -2.10. The summed E-state index contributed by atoms with van der Waals surface area (Å²) in [7, 11) is 0. The minimum absolute atomic E-state index is 0.557. The summed E-state index contributed by atoms with van der Waals surface area (Å²) in [5.41, 5.74) is 10.5. The molecule has 0 radical (unpaired) electrons. The molecule has 6 heterocycles. The Hall–Kier alpha value is -7.90. The molecule has 0 aliphatic carbocycles. The maximum atomic E-state index is 5.41. The molecule has 0 N–H and O–H groups in total. The quantitative estimate of drug-likeness (QED) is 0.181. The van der Waals surface area contributed by atoms with E-state index in [1.54, 1.807) is 0 Å². The number of fused-ring (bicyclic) bond motifs is 12. The third-order valence-electron chi connectivity index (χ3n) is 11.7. The second kappa shape index (κ2) is 11.3. The van der Waals surface area contributed by atoms with Crippen LogP contribution >= 0.6 is 0 Å². The summed E-state index contributed by atoms with van der Waals surface area (Å²) < 4.78 is 6.68. The van der Waals surface area contributed by atoms with Crippen LogP contribution in [-0.2, 0) is 0 Å². The molecule has 0 saturated carbocycles. The van der Waals surface area contributed by atoms with Gasteiger partial charge in [-0.25, -0.2) is 4.98 Å². The van der Waals surface area contributed by atoms with Crippen LogP contribution in [0.1, 0.15) is 0 Å². The molecule has 0 fully saturated rings. The Balaban J connectivity index is 1.13. The molecule has 0 saturated heterocycles. The van der Waals surface area contributed by atoms with Gasteiger partial charge in [0.15, 0.2) is 5.82 Å². The number of benzene rings is 7. The summed E-state index contributed by atoms with van der Waals surface area (Å²) in [5, 5.41) is 9.28. The van der Waals surface area contributed by atoms with Gasteiger partial charge in [-0.1, -0.05) is 115 Å². The van der Waals surface area contributed by atoms with Crippen molar-refractivity contribution in [1.82, 2.24) is 33.5 Å². The van der Waals surface area contributed by atoms with Crippen molar-refractivity contribution >= 4 is 81.8 Å². The number of rotatable bonds is 4. The largest absolute Gasteiger partial charge is 0.293 e. The molecule has 57 heavy (non-hydrogen) atoms. The standard InChI is InChI=1S/C50H29N7/c1-2-20-37(31(14-1)30-28-39-36-19-7-12-26-45(36)57-46(39)40(29-30)38-21-13-27-51-48(38)57)47-52-49(55-41-22-8-3-15-32(41)33-16-4-9-23-42(33)55)54-50(53-47)56-43-24-10-5-17-34(43)35-18-6-11-25-44(35)56/h1-29H. The summed E-state index contributed by atoms with van der Waals surface area (Å²) >= 11 is 0. The fourth-order valence-corrected chi connectivity index (χ4v) is 9.34. The summed E-state index contributed by atoms with van der Waals surface area (Å²) in [6, 6.07) is 59.9. The minimum Gasteiger partial charge on any atom is -0.293 e. The molecule has 7 nitrogen and oxygen atoms in total. The molecule has 13 aromatic rings. The summed E-state index contributed by atoms with van der Waals surface area (Å²) in [6.07, 6.45) is 1.88. The number of pyridine rings is 1. The first kappa shape index (κ1) is 30.4. The average molecular weight is 728 g/mol. The van der Waals surface area contributed by atoms with Crippen LogP contribution < -0.4 is 0 Å². The monoisotopic (exact) mass is 727 g/mol. The molecule has 264 valence electrons. The first-order valence-electron chi connectivity index (χ1n) is 19.2. The molecular formula is C50H29N7. The van der Waals surface area contributed by atoms with Gasteiger partial charge < -0.3 is 0 Å². The SMILES string of the molecule is c1ccc(-c2nc(-n3c4ccccc4c4ccccc43)nc(-n3c4ccccc4c4ccccc43)n2)c(-c2cc3c4ccccc4n4c5ncccc5c(c2)c34)c1. The van der Waals surface area contributed by atoms with E-state index in [0.717, 1.165) is 76.9 Å². The highest BCUT2D eigenvalue weighted by molar-refractivity contribution is 6.24. The van der Waals surface area contributed by atoms with Crippen LogP contribution in [0.25, 0.3) is 116 Å². The number of hydrogen-bond donors (Lipinski definition) is 0. The van der Waals surface area contributed by atoms with Crippen molar-refractivity contribution in [2.24, 2.45) is 0 Å². The van der Waals surface area contributed by atoms with Crippen LogP contribution in [-0.4, -0.2) is 33.5 Å². The van der Waals surface area contributed by atoms with Gasteiger partial charge in [-0.3, -0.25) is 13.5 Å². The van der Waals surface area contributed by atoms with E-state index in [9.17, 15) is 0 Å². The van der Waals surface area contributed by atoms with Crippen LogP contribution in [0.3, 0.4) is 0 Å². The van der Waals surface area contributed by atoms with E-state index in [-0.39, 0.29) is 0 Å². The molecule has 7 aromatic carbocycles. The molecule has 0 aliphatic heterocycles. The predicted molar refractivity (Wildman–Crippen MR) is 232 cm³/mol. The van der Waals surface area contributed by atoms with Gasteiger partial charge in [0.05, 0.1) is 33.1 Å². The minimum atomic E-state index is 0.557. The third-order valence-corrected chi connectivity index (χ3v) is 11.7. The molecule has 7 heteroatoms. The molecular weight excluding hydrogens is 699 g/mol. The molecule has 0 aliphatic rings. The van der Waals surface area contributed by atoms with Crippen LogP contribution in [0.15, 0.2) is 176 Å². The van der Waals surface area contributed by atoms with Gasteiger partial charge in [0.25, 0.3) is 0 Å². The third kappa shape index (κ3) is 4.14. The van der Waals surface area contributed by atoms with Crippen molar-refractivity contribution in [2.75, 3.05) is 0 Å². The van der Waals surface area contributed by atoms with E-state index < -0.39 is 0 Å². The molecule has 0 amide bonds. The average Bonchev–Trinajstić information content (AvgIpc) is 4.00. The lowest BCUT2D eigenvalue weighted by molar-refractivity contribution is 0.893. The molecule has 6 aromatic heterocycles. The van der Waals surface area contributed by atoms with Crippen LogP contribution in [0.4, 0.5) is 0 Å². The van der Waals surface area contributed by atoms with E-state index in [1.165, 1.54) is 21.7 Å². The Kier molecular flexibility index (Phi) is 6.04. The lowest BCUT2D eigenvalue weighted by atomic mass is 9.95. The van der Waals surface area contributed by atoms with Crippen LogP contribution in [0.2, 0.25) is 0 Å². The van der Waals surface area contributed by atoms with Crippen molar-refractivity contribution in [3.05, 3.63) is 176 Å². The first-order valence-corrected chi connectivity index (χ1v) is 19.2. The smallest absolute Gasteiger partial charge is 0.240 e. The van der Waals surface area contributed by atoms with Crippen LogP contribution in [0.5, 0.6) is 0 Å². The van der Waals surface area contributed by atoms with Gasteiger partial charge in [0.2, 0.25) is 11.9 Å². The van der Waals surface area contributed by atoms with E-state index in [1.807, 2.05) is 12.3 Å². The van der Waals surface area contributed by atoms with Gasteiger partial charge in [0, 0.05) is 54.9 Å². The predicted octanol–water partition coefficient (Wildman–Crippen LogP) is 11.9. The maximum absolute atomic E-state index is 5.41. The highest BCUT2D eigenvalue weighted by atomic mass is 15.3. The molecule has 0 spiro atoms. The van der Waals surface area contributed by atoms with Gasteiger partial charge in [-0.15, -0.1) is 0 Å². The van der Waals surface area contributed by atoms with E-state index in [4.69, 9.17) is 19.9 Å². The van der Waals surface area contributed by atoms with Crippen molar-refractivity contribution in [1.29, 1.82) is 0 Å². The summed E-state index contributed by atoms with van der Waals surface area (Å²) in [6.45, 7) is 0.